The number of hydrogen-bond acceptors (Lipinski definition) is 3. The summed E-state index contributed by atoms with van der Waals surface area (Å²) in [5.74, 6) is 0. The molecule has 0 radical (unpaired) electrons. The third-order valence-corrected chi connectivity index (χ3v) is 7.03. The smallest absolute Gasteiger partial charge is 0.115 e. The van der Waals surface area contributed by atoms with Gasteiger partial charge in [0.05, 0.1) is 5.69 Å². The summed E-state index contributed by atoms with van der Waals surface area (Å²) >= 11 is 0. The molecule has 3 heteroatoms. The molecule has 2 heterocycles. The van der Waals surface area contributed by atoms with Crippen molar-refractivity contribution in [2.45, 2.75) is 13.8 Å². The van der Waals surface area contributed by atoms with Crippen LogP contribution in [-0.4, -0.2) is 15.0 Å². The molecule has 0 aliphatic rings. The van der Waals surface area contributed by atoms with E-state index in [1.165, 1.54) is 49.0 Å². The molecule has 0 saturated carbocycles. The summed E-state index contributed by atoms with van der Waals surface area (Å²) in [6.45, 7) is 4.00. The lowest BCUT2D eigenvalue weighted by molar-refractivity contribution is 1.17. The summed E-state index contributed by atoms with van der Waals surface area (Å²) in [6, 6.07) is 32.6. The van der Waals surface area contributed by atoms with Crippen molar-refractivity contribution in [3.8, 4) is 33.5 Å². The zero-order chi connectivity index (χ0) is 25.9. The summed E-state index contributed by atoms with van der Waals surface area (Å²) < 4.78 is 0. The van der Waals surface area contributed by atoms with Crippen molar-refractivity contribution in [2.24, 2.45) is 0 Å². The number of benzene rings is 5. The third kappa shape index (κ3) is 4.18. The lowest BCUT2D eigenvalue weighted by Gasteiger charge is -2.16. The molecule has 5 aromatic carbocycles. The minimum atomic E-state index is 1.00. The average Bonchev–Trinajstić information content (AvgIpc) is 3.01. The van der Waals surface area contributed by atoms with Gasteiger partial charge in [-0.3, -0.25) is 4.98 Å². The van der Waals surface area contributed by atoms with Gasteiger partial charge in [0.15, 0.2) is 0 Å². The normalized spacial score (nSPS) is 11.3. The fraction of sp³-hybridized carbons (Fsp3) is 0.0571. The highest BCUT2D eigenvalue weighted by atomic mass is 14.8. The molecule has 0 spiro atoms. The van der Waals surface area contributed by atoms with Crippen molar-refractivity contribution in [3.63, 3.8) is 0 Å². The highest BCUT2D eigenvalue weighted by molar-refractivity contribution is 6.27. The Kier molecular flexibility index (Phi) is 6.33. The van der Waals surface area contributed by atoms with E-state index in [-0.39, 0.29) is 0 Å². The molecule has 38 heavy (non-hydrogen) atoms. The molecule has 0 aliphatic heterocycles. The Morgan fingerprint density at radius 1 is 0.526 bits per heavy atom. The van der Waals surface area contributed by atoms with E-state index in [2.05, 4.69) is 93.8 Å². The summed E-state index contributed by atoms with van der Waals surface area (Å²) in [5.41, 5.74) is 6.74. The molecule has 0 bridgehead atoms. The summed E-state index contributed by atoms with van der Waals surface area (Å²) in [5, 5.41) is 7.64. The molecular weight excluding hydrogens is 462 g/mol. The Bertz CT molecular complexity index is 1850. The topological polar surface area (TPSA) is 38.7 Å². The van der Waals surface area contributed by atoms with E-state index < -0.39 is 0 Å². The molecule has 7 rings (SSSR count). The maximum Gasteiger partial charge on any atom is 0.115 e. The summed E-state index contributed by atoms with van der Waals surface area (Å²) in [4.78, 5) is 12.9. The molecule has 2 aromatic heterocycles. The standard InChI is InChI=1S/C31H19N3.C4H8/c1-2-16-34-29(3-1)26-13-11-23-9-8-22-10-12-25(27-14-15-28(26)31(23)30(22)27)21-6-4-20(5-7-21)24-17-32-19-33-18-24;1-3-4-2/h1-19H;3-4H,1-2H3/b;4-3-. The predicted octanol–water partition coefficient (Wildman–Crippen LogP) is 9.35. The van der Waals surface area contributed by atoms with Crippen LogP contribution in [0.1, 0.15) is 13.8 Å². The first-order valence-corrected chi connectivity index (χ1v) is 12.8. The van der Waals surface area contributed by atoms with Gasteiger partial charge in [0.2, 0.25) is 0 Å². The van der Waals surface area contributed by atoms with Crippen molar-refractivity contribution < 1.29 is 0 Å². The zero-order valence-corrected chi connectivity index (χ0v) is 21.5. The second-order valence-corrected chi connectivity index (χ2v) is 9.23. The molecule has 0 saturated heterocycles. The Hall–Kier alpha value is -4.89. The van der Waals surface area contributed by atoms with Crippen LogP contribution in [0.5, 0.6) is 0 Å². The van der Waals surface area contributed by atoms with E-state index in [0.29, 0.717) is 0 Å². The molecule has 0 unspecified atom stereocenters. The fourth-order valence-electron chi connectivity index (χ4n) is 5.09. The van der Waals surface area contributed by atoms with E-state index in [4.69, 9.17) is 0 Å². The van der Waals surface area contributed by atoms with Crippen LogP contribution in [0.4, 0.5) is 0 Å². The van der Waals surface area contributed by atoms with Crippen LogP contribution in [-0.2, 0) is 0 Å². The second-order valence-electron chi connectivity index (χ2n) is 9.23. The number of rotatable bonds is 3. The second kappa shape index (κ2) is 10.2. The Morgan fingerprint density at radius 3 is 1.71 bits per heavy atom. The van der Waals surface area contributed by atoms with Gasteiger partial charge in [-0.2, -0.15) is 0 Å². The maximum atomic E-state index is 4.62. The zero-order valence-electron chi connectivity index (χ0n) is 21.5. The number of pyridine rings is 1. The van der Waals surface area contributed by atoms with Gasteiger partial charge in [0, 0.05) is 29.7 Å². The minimum absolute atomic E-state index is 1.00. The molecule has 7 aromatic rings. The van der Waals surface area contributed by atoms with Crippen molar-refractivity contribution in [3.05, 3.63) is 128 Å². The first-order valence-electron chi connectivity index (χ1n) is 12.8. The average molecular weight is 490 g/mol. The highest BCUT2D eigenvalue weighted by Crippen LogP contribution is 2.42. The van der Waals surface area contributed by atoms with Crippen molar-refractivity contribution in [1.82, 2.24) is 15.0 Å². The third-order valence-electron chi connectivity index (χ3n) is 7.03. The maximum absolute atomic E-state index is 4.62. The van der Waals surface area contributed by atoms with Crippen LogP contribution in [0.2, 0.25) is 0 Å². The monoisotopic (exact) mass is 489 g/mol. The number of nitrogens with zero attached hydrogens (tertiary/aromatic N) is 3. The van der Waals surface area contributed by atoms with Gasteiger partial charge >= 0.3 is 0 Å². The van der Waals surface area contributed by atoms with E-state index in [1.807, 2.05) is 56.7 Å². The lowest BCUT2D eigenvalue weighted by Crippen LogP contribution is -1.90. The van der Waals surface area contributed by atoms with Gasteiger partial charge in [0.25, 0.3) is 0 Å². The number of hydrogen-bond donors (Lipinski definition) is 0. The predicted molar refractivity (Wildman–Crippen MR) is 160 cm³/mol. The first-order chi connectivity index (χ1) is 18.8. The van der Waals surface area contributed by atoms with Gasteiger partial charge in [-0.15, -0.1) is 0 Å². The molecule has 0 atom stereocenters. The molecule has 0 fully saturated rings. The van der Waals surface area contributed by atoms with Crippen molar-refractivity contribution in [1.29, 1.82) is 0 Å². The van der Waals surface area contributed by atoms with Gasteiger partial charge in [-0.05, 0) is 75.0 Å². The number of aromatic nitrogens is 3. The van der Waals surface area contributed by atoms with Crippen LogP contribution < -0.4 is 0 Å². The molecule has 3 nitrogen and oxygen atoms in total. The van der Waals surface area contributed by atoms with Crippen molar-refractivity contribution in [2.75, 3.05) is 0 Å². The Morgan fingerprint density at radius 2 is 1.11 bits per heavy atom. The van der Waals surface area contributed by atoms with E-state index >= 15 is 0 Å². The first kappa shape index (κ1) is 23.5. The van der Waals surface area contributed by atoms with Gasteiger partial charge in [0.1, 0.15) is 6.33 Å². The lowest BCUT2D eigenvalue weighted by atomic mass is 9.87. The van der Waals surface area contributed by atoms with E-state index in [1.54, 1.807) is 6.33 Å². The fourth-order valence-corrected chi connectivity index (χ4v) is 5.09. The molecular formula is C35H27N3. The molecule has 182 valence electrons. The molecule has 0 aliphatic carbocycles. The van der Waals surface area contributed by atoms with Crippen LogP contribution in [0.3, 0.4) is 0 Å². The van der Waals surface area contributed by atoms with Gasteiger partial charge in [-0.1, -0.05) is 91.0 Å². The molecule has 0 amide bonds. The van der Waals surface area contributed by atoms with E-state index in [0.717, 1.165) is 16.8 Å². The number of allylic oxidation sites excluding steroid dienone is 2. The van der Waals surface area contributed by atoms with E-state index in [9.17, 15) is 0 Å². The Labute approximate surface area is 222 Å². The van der Waals surface area contributed by atoms with Crippen LogP contribution >= 0.6 is 0 Å². The van der Waals surface area contributed by atoms with Gasteiger partial charge < -0.3 is 0 Å². The largest absolute Gasteiger partial charge is 0.256 e. The van der Waals surface area contributed by atoms with Gasteiger partial charge in [-0.25, -0.2) is 9.97 Å². The molecule has 0 N–H and O–H groups in total. The highest BCUT2D eigenvalue weighted by Gasteiger charge is 2.15. The van der Waals surface area contributed by atoms with Crippen LogP contribution in [0.15, 0.2) is 128 Å². The quantitative estimate of drug-likeness (QED) is 0.183. The summed E-state index contributed by atoms with van der Waals surface area (Å²) in [7, 11) is 0. The Balaban J connectivity index is 0.000000620. The van der Waals surface area contributed by atoms with Crippen LogP contribution in [0, 0.1) is 0 Å². The van der Waals surface area contributed by atoms with Crippen molar-refractivity contribution >= 4 is 32.3 Å². The van der Waals surface area contributed by atoms with Crippen LogP contribution in [0.25, 0.3) is 65.8 Å². The SMILES string of the molecule is C/C=C\C.c1ccc(-c2ccc3ccc4ccc(-c5ccc(-c6cncnc6)cc5)c5ccc2c3c45)nc1. The minimum Gasteiger partial charge on any atom is -0.256 e. The summed E-state index contributed by atoms with van der Waals surface area (Å²) in [6.07, 6.45) is 11.1.